The molecule has 21 heavy (non-hydrogen) atoms. The summed E-state index contributed by atoms with van der Waals surface area (Å²) in [6, 6.07) is 16.6. The molecule has 0 aromatic heterocycles. The molecule has 0 atom stereocenters. The first kappa shape index (κ1) is 14.9. The Morgan fingerprint density at radius 1 is 1.14 bits per heavy atom. The van der Waals surface area contributed by atoms with Gasteiger partial charge >= 0.3 is 0 Å². The molecule has 0 saturated carbocycles. The van der Waals surface area contributed by atoms with Crippen LogP contribution in [-0.2, 0) is 4.79 Å². The molecule has 110 valence electrons. The van der Waals surface area contributed by atoms with Crippen molar-refractivity contribution in [2.24, 2.45) is 5.41 Å². The van der Waals surface area contributed by atoms with Gasteiger partial charge in [0.15, 0.2) is 0 Å². The number of ether oxygens (including phenoxy) is 1. The van der Waals surface area contributed by atoms with Gasteiger partial charge in [-0.3, -0.25) is 4.79 Å². The van der Waals surface area contributed by atoms with Crippen molar-refractivity contribution in [2.75, 3.05) is 17.7 Å². The molecule has 0 bridgehead atoms. The molecule has 1 amide bonds. The number of nitrogens with two attached hydrogens (primary N) is 1. The lowest BCUT2D eigenvalue weighted by Crippen LogP contribution is -2.36. The Kier molecular flexibility index (Phi) is 4.48. The number of carbonyl (C=O) groups excluding carboxylic acids is 1. The summed E-state index contributed by atoms with van der Waals surface area (Å²) in [5, 5.41) is 2.89. The number of rotatable bonds is 5. The van der Waals surface area contributed by atoms with Crippen molar-refractivity contribution in [3.63, 3.8) is 0 Å². The van der Waals surface area contributed by atoms with Gasteiger partial charge in [0.05, 0.1) is 5.41 Å². The van der Waals surface area contributed by atoms with E-state index < -0.39 is 5.41 Å². The van der Waals surface area contributed by atoms with E-state index in [2.05, 4.69) is 5.32 Å². The van der Waals surface area contributed by atoms with Crippen LogP contribution in [-0.4, -0.2) is 12.5 Å². The maximum Gasteiger partial charge on any atom is 0.233 e. The second-order valence-corrected chi connectivity index (χ2v) is 5.57. The molecular formula is C17H20N2O2. The molecule has 2 aromatic rings. The largest absolute Gasteiger partial charge is 0.492 e. The van der Waals surface area contributed by atoms with Crippen molar-refractivity contribution >= 4 is 17.3 Å². The van der Waals surface area contributed by atoms with Gasteiger partial charge in [-0.05, 0) is 38.1 Å². The number of carbonyl (C=O) groups is 1. The fourth-order valence-electron chi connectivity index (χ4n) is 1.76. The van der Waals surface area contributed by atoms with Crippen LogP contribution in [0.2, 0.25) is 0 Å². The van der Waals surface area contributed by atoms with Crippen LogP contribution in [0, 0.1) is 5.41 Å². The minimum atomic E-state index is -0.652. The van der Waals surface area contributed by atoms with Gasteiger partial charge in [-0.25, -0.2) is 0 Å². The number of nitrogens with one attached hydrogen (secondary N) is 1. The number of hydrogen-bond acceptors (Lipinski definition) is 3. The Labute approximate surface area is 124 Å². The molecule has 0 radical (unpaired) electrons. The summed E-state index contributed by atoms with van der Waals surface area (Å²) in [5.74, 6) is 0.577. The minimum Gasteiger partial charge on any atom is -0.492 e. The van der Waals surface area contributed by atoms with Gasteiger partial charge in [0, 0.05) is 17.4 Å². The van der Waals surface area contributed by atoms with Crippen LogP contribution in [0.1, 0.15) is 13.8 Å². The Morgan fingerprint density at radius 3 is 2.52 bits per heavy atom. The van der Waals surface area contributed by atoms with E-state index in [1.165, 1.54) is 0 Å². The quantitative estimate of drug-likeness (QED) is 0.828. The van der Waals surface area contributed by atoms with Crippen LogP contribution in [0.15, 0.2) is 54.6 Å². The van der Waals surface area contributed by atoms with E-state index in [-0.39, 0.29) is 12.5 Å². The Hall–Kier alpha value is -2.49. The number of para-hydroxylation sites is 1. The van der Waals surface area contributed by atoms with Crippen molar-refractivity contribution < 1.29 is 9.53 Å². The van der Waals surface area contributed by atoms with Gasteiger partial charge in [-0.2, -0.15) is 0 Å². The lowest BCUT2D eigenvalue weighted by Gasteiger charge is -2.24. The molecule has 0 heterocycles. The molecule has 0 spiro atoms. The highest BCUT2D eigenvalue weighted by Gasteiger charge is 2.28. The Morgan fingerprint density at radius 2 is 1.86 bits per heavy atom. The van der Waals surface area contributed by atoms with E-state index in [9.17, 15) is 4.79 Å². The minimum absolute atomic E-state index is 0.0856. The molecule has 0 unspecified atom stereocenters. The van der Waals surface area contributed by atoms with E-state index in [1.807, 2.05) is 56.3 Å². The van der Waals surface area contributed by atoms with E-state index in [1.54, 1.807) is 12.1 Å². The normalized spacial score (nSPS) is 11.0. The lowest BCUT2D eigenvalue weighted by molar-refractivity contribution is -0.125. The van der Waals surface area contributed by atoms with Crippen LogP contribution in [0.25, 0.3) is 0 Å². The number of amides is 1. The van der Waals surface area contributed by atoms with E-state index >= 15 is 0 Å². The molecular weight excluding hydrogens is 264 g/mol. The van der Waals surface area contributed by atoms with Crippen molar-refractivity contribution in [3.05, 3.63) is 54.6 Å². The highest BCUT2D eigenvalue weighted by Crippen LogP contribution is 2.22. The standard InChI is InChI=1S/C17H20N2O2/c1-17(2,12-21-15-10-6-7-13(18)11-15)16(20)19-14-8-4-3-5-9-14/h3-11H,12,18H2,1-2H3,(H,19,20). The topological polar surface area (TPSA) is 64.3 Å². The van der Waals surface area contributed by atoms with Gasteiger partial charge < -0.3 is 15.8 Å². The number of hydrogen-bond donors (Lipinski definition) is 2. The summed E-state index contributed by atoms with van der Waals surface area (Å²) in [5.41, 5.74) is 6.46. The molecule has 0 saturated heterocycles. The number of nitrogen functional groups attached to an aromatic ring is 1. The van der Waals surface area contributed by atoms with Crippen LogP contribution < -0.4 is 15.8 Å². The van der Waals surface area contributed by atoms with E-state index in [0.29, 0.717) is 11.4 Å². The van der Waals surface area contributed by atoms with E-state index in [0.717, 1.165) is 5.69 Å². The monoisotopic (exact) mass is 284 g/mol. The third kappa shape index (κ3) is 4.24. The van der Waals surface area contributed by atoms with E-state index in [4.69, 9.17) is 10.5 Å². The van der Waals surface area contributed by atoms with Gasteiger partial charge in [0.25, 0.3) is 0 Å². The summed E-state index contributed by atoms with van der Waals surface area (Å²) >= 11 is 0. The predicted octanol–water partition coefficient (Wildman–Crippen LogP) is 3.31. The summed E-state index contributed by atoms with van der Waals surface area (Å²) in [4.78, 5) is 12.3. The van der Waals surface area contributed by atoms with Crippen molar-refractivity contribution in [2.45, 2.75) is 13.8 Å². The Bertz CT molecular complexity index is 609. The molecule has 0 aliphatic rings. The first-order chi connectivity index (χ1) is 9.97. The van der Waals surface area contributed by atoms with Crippen LogP contribution in [0.4, 0.5) is 11.4 Å². The highest BCUT2D eigenvalue weighted by atomic mass is 16.5. The lowest BCUT2D eigenvalue weighted by atomic mass is 9.93. The third-order valence-electron chi connectivity index (χ3n) is 3.10. The maximum absolute atomic E-state index is 12.3. The van der Waals surface area contributed by atoms with Crippen LogP contribution in [0.5, 0.6) is 5.75 Å². The Balaban J connectivity index is 1.96. The molecule has 0 aliphatic heterocycles. The fraction of sp³-hybridized carbons (Fsp3) is 0.235. The zero-order chi connectivity index (χ0) is 15.3. The first-order valence-electron chi connectivity index (χ1n) is 6.82. The van der Waals surface area contributed by atoms with Crippen molar-refractivity contribution in [1.82, 2.24) is 0 Å². The van der Waals surface area contributed by atoms with Gasteiger partial charge in [0.1, 0.15) is 12.4 Å². The van der Waals surface area contributed by atoms with Crippen molar-refractivity contribution in [3.8, 4) is 5.75 Å². The number of benzene rings is 2. The summed E-state index contributed by atoms with van der Waals surface area (Å²) in [6.45, 7) is 3.96. The average molecular weight is 284 g/mol. The number of anilines is 2. The zero-order valence-electron chi connectivity index (χ0n) is 12.3. The maximum atomic E-state index is 12.3. The zero-order valence-corrected chi connectivity index (χ0v) is 12.3. The van der Waals surface area contributed by atoms with Crippen LogP contribution in [0.3, 0.4) is 0 Å². The molecule has 0 fully saturated rings. The first-order valence-corrected chi connectivity index (χ1v) is 6.82. The summed E-state index contributed by atoms with van der Waals surface area (Å²) in [6.07, 6.45) is 0. The fourth-order valence-corrected chi connectivity index (χ4v) is 1.76. The molecule has 0 aliphatic carbocycles. The second-order valence-electron chi connectivity index (χ2n) is 5.57. The predicted molar refractivity (Wildman–Crippen MR) is 85.2 cm³/mol. The summed E-state index contributed by atoms with van der Waals surface area (Å²) in [7, 11) is 0. The van der Waals surface area contributed by atoms with Crippen LogP contribution >= 0.6 is 0 Å². The van der Waals surface area contributed by atoms with Crippen molar-refractivity contribution in [1.29, 1.82) is 0 Å². The molecule has 4 nitrogen and oxygen atoms in total. The molecule has 4 heteroatoms. The molecule has 3 N–H and O–H groups in total. The molecule has 2 rings (SSSR count). The highest BCUT2D eigenvalue weighted by molar-refractivity contribution is 5.94. The van der Waals surface area contributed by atoms with Gasteiger partial charge in [-0.15, -0.1) is 0 Å². The van der Waals surface area contributed by atoms with Gasteiger partial charge in [0.2, 0.25) is 5.91 Å². The van der Waals surface area contributed by atoms with Gasteiger partial charge in [-0.1, -0.05) is 24.3 Å². The molecule has 2 aromatic carbocycles. The average Bonchev–Trinajstić information content (AvgIpc) is 2.46. The summed E-state index contributed by atoms with van der Waals surface area (Å²) < 4.78 is 5.67. The third-order valence-corrected chi connectivity index (χ3v) is 3.10. The second kappa shape index (κ2) is 6.31. The SMILES string of the molecule is CC(C)(COc1cccc(N)c1)C(=O)Nc1ccccc1. The smallest absolute Gasteiger partial charge is 0.233 e.